The molecule has 0 aromatic carbocycles. The standard InChI is InChI=1S/C17H19N5OS/c1-12-20-16(10-24-12)13-7-15(19-8-13)17(23)21-5-2-3-14(9-21)22-6-4-18-11-22/h4,6-8,10-11,14,19H,2-3,5,9H2,1H3/t14-/m1/s1. The number of thiazole rings is 1. The molecule has 0 saturated carbocycles. The number of rotatable bonds is 3. The SMILES string of the molecule is Cc1nc(-c2c[nH]c(C(=O)N3CCC[C@@H](n4ccnc4)C3)c2)cs1. The topological polar surface area (TPSA) is 66.8 Å². The summed E-state index contributed by atoms with van der Waals surface area (Å²) in [5.74, 6) is 0.0537. The zero-order valence-electron chi connectivity index (χ0n) is 13.5. The number of hydrogen-bond donors (Lipinski definition) is 1. The molecule has 24 heavy (non-hydrogen) atoms. The van der Waals surface area contributed by atoms with Gasteiger partial charge in [-0.3, -0.25) is 4.79 Å². The second-order valence-electron chi connectivity index (χ2n) is 6.11. The molecule has 0 radical (unpaired) electrons. The molecule has 3 aromatic heterocycles. The maximum atomic E-state index is 12.8. The highest BCUT2D eigenvalue weighted by Crippen LogP contribution is 2.25. The van der Waals surface area contributed by atoms with Crippen LogP contribution in [0.15, 0.2) is 36.4 Å². The van der Waals surface area contributed by atoms with Gasteiger partial charge in [-0.25, -0.2) is 9.97 Å². The molecular formula is C17H19N5OS. The molecule has 1 atom stereocenters. The Bertz CT molecular complexity index is 835. The summed E-state index contributed by atoms with van der Waals surface area (Å²) in [6.45, 7) is 3.50. The predicted molar refractivity (Wildman–Crippen MR) is 93.0 cm³/mol. The van der Waals surface area contributed by atoms with Crippen molar-refractivity contribution in [2.24, 2.45) is 0 Å². The summed E-state index contributed by atoms with van der Waals surface area (Å²) < 4.78 is 2.09. The van der Waals surface area contributed by atoms with Crippen molar-refractivity contribution in [2.45, 2.75) is 25.8 Å². The maximum Gasteiger partial charge on any atom is 0.270 e. The van der Waals surface area contributed by atoms with Gasteiger partial charge in [-0.05, 0) is 25.8 Å². The van der Waals surface area contributed by atoms with E-state index in [0.717, 1.165) is 42.2 Å². The van der Waals surface area contributed by atoms with Crippen LogP contribution in [0.2, 0.25) is 0 Å². The summed E-state index contributed by atoms with van der Waals surface area (Å²) >= 11 is 1.61. The number of piperidine rings is 1. The molecule has 0 unspecified atom stereocenters. The first-order valence-electron chi connectivity index (χ1n) is 8.08. The molecule has 6 nitrogen and oxygen atoms in total. The second kappa shape index (κ2) is 6.24. The summed E-state index contributed by atoms with van der Waals surface area (Å²) in [4.78, 5) is 26.4. The van der Waals surface area contributed by atoms with Crippen LogP contribution in [0, 0.1) is 6.92 Å². The van der Waals surface area contributed by atoms with Gasteiger partial charge >= 0.3 is 0 Å². The quantitative estimate of drug-likeness (QED) is 0.796. The fourth-order valence-corrected chi connectivity index (χ4v) is 3.82. The van der Waals surface area contributed by atoms with Crippen molar-refractivity contribution in [3.63, 3.8) is 0 Å². The molecule has 1 aliphatic heterocycles. The number of likely N-dealkylation sites (tertiary alicyclic amines) is 1. The number of carbonyl (C=O) groups excluding carboxylic acids is 1. The van der Waals surface area contributed by atoms with Gasteiger partial charge in [-0.2, -0.15) is 0 Å². The lowest BCUT2D eigenvalue weighted by Crippen LogP contribution is -2.40. The number of aromatic nitrogens is 4. The van der Waals surface area contributed by atoms with Gasteiger partial charge in [0.1, 0.15) is 5.69 Å². The smallest absolute Gasteiger partial charge is 0.270 e. The first kappa shape index (κ1) is 15.1. The summed E-state index contributed by atoms with van der Waals surface area (Å²) in [5, 5.41) is 3.04. The molecule has 1 N–H and O–H groups in total. The largest absolute Gasteiger partial charge is 0.357 e. The summed E-state index contributed by atoms with van der Waals surface area (Å²) in [6.07, 6.45) is 9.53. The van der Waals surface area contributed by atoms with E-state index in [2.05, 4.69) is 19.5 Å². The minimum Gasteiger partial charge on any atom is -0.357 e. The maximum absolute atomic E-state index is 12.8. The van der Waals surface area contributed by atoms with Gasteiger partial charge in [0.05, 0.1) is 23.1 Å². The zero-order chi connectivity index (χ0) is 16.5. The first-order valence-corrected chi connectivity index (χ1v) is 8.96. The third kappa shape index (κ3) is 2.87. The number of imidazole rings is 1. The van der Waals surface area contributed by atoms with E-state index in [1.165, 1.54) is 0 Å². The number of nitrogens with one attached hydrogen (secondary N) is 1. The third-order valence-corrected chi connectivity index (χ3v) is 5.23. The van der Waals surface area contributed by atoms with Gasteiger partial charge in [0.25, 0.3) is 5.91 Å². The predicted octanol–water partition coefficient (Wildman–Crippen LogP) is 3.12. The van der Waals surface area contributed by atoms with Crippen LogP contribution in [-0.2, 0) is 0 Å². The van der Waals surface area contributed by atoms with Crippen LogP contribution in [0.25, 0.3) is 11.3 Å². The molecular weight excluding hydrogens is 322 g/mol. The van der Waals surface area contributed by atoms with E-state index in [1.807, 2.05) is 42.0 Å². The van der Waals surface area contributed by atoms with Crippen LogP contribution < -0.4 is 0 Å². The third-order valence-electron chi connectivity index (χ3n) is 4.46. The molecule has 0 spiro atoms. The Hall–Kier alpha value is -2.41. The molecule has 0 aliphatic carbocycles. The van der Waals surface area contributed by atoms with Crippen molar-refractivity contribution >= 4 is 17.2 Å². The van der Waals surface area contributed by atoms with Crippen LogP contribution in [0.3, 0.4) is 0 Å². The number of hydrogen-bond acceptors (Lipinski definition) is 4. The molecule has 4 heterocycles. The Morgan fingerprint density at radius 1 is 1.46 bits per heavy atom. The number of H-pyrrole nitrogens is 1. The lowest BCUT2D eigenvalue weighted by atomic mass is 10.1. The van der Waals surface area contributed by atoms with Crippen molar-refractivity contribution in [3.8, 4) is 11.3 Å². The molecule has 3 aromatic rings. The number of amides is 1. The van der Waals surface area contributed by atoms with E-state index >= 15 is 0 Å². The van der Waals surface area contributed by atoms with Gasteiger partial charge in [0, 0.05) is 42.6 Å². The van der Waals surface area contributed by atoms with E-state index in [-0.39, 0.29) is 5.91 Å². The number of aryl methyl sites for hydroxylation is 1. The fraction of sp³-hybridized carbons (Fsp3) is 0.353. The Morgan fingerprint density at radius 2 is 2.38 bits per heavy atom. The zero-order valence-corrected chi connectivity index (χ0v) is 14.3. The lowest BCUT2D eigenvalue weighted by molar-refractivity contribution is 0.0674. The highest BCUT2D eigenvalue weighted by atomic mass is 32.1. The van der Waals surface area contributed by atoms with E-state index in [1.54, 1.807) is 17.5 Å². The normalized spacial score (nSPS) is 18.0. The van der Waals surface area contributed by atoms with Gasteiger partial charge in [-0.15, -0.1) is 11.3 Å². The van der Waals surface area contributed by atoms with Crippen molar-refractivity contribution in [1.29, 1.82) is 0 Å². The van der Waals surface area contributed by atoms with Crippen LogP contribution in [0.4, 0.5) is 0 Å². The van der Waals surface area contributed by atoms with Crippen LogP contribution in [0.5, 0.6) is 0 Å². The molecule has 1 fully saturated rings. The van der Waals surface area contributed by atoms with E-state index in [4.69, 9.17) is 0 Å². The minimum atomic E-state index is 0.0537. The summed E-state index contributed by atoms with van der Waals surface area (Å²) in [7, 11) is 0. The molecule has 1 saturated heterocycles. The summed E-state index contributed by atoms with van der Waals surface area (Å²) in [5.41, 5.74) is 2.51. The number of aromatic amines is 1. The van der Waals surface area contributed by atoms with Crippen molar-refractivity contribution in [2.75, 3.05) is 13.1 Å². The van der Waals surface area contributed by atoms with E-state index in [9.17, 15) is 4.79 Å². The Kier molecular flexibility index (Phi) is 3.93. The fourth-order valence-electron chi connectivity index (χ4n) is 3.20. The number of nitrogens with zero attached hydrogens (tertiary/aromatic N) is 4. The van der Waals surface area contributed by atoms with Gasteiger partial charge in [0.2, 0.25) is 0 Å². The second-order valence-corrected chi connectivity index (χ2v) is 7.17. The van der Waals surface area contributed by atoms with Gasteiger partial charge in [-0.1, -0.05) is 0 Å². The monoisotopic (exact) mass is 341 g/mol. The molecule has 1 amide bonds. The van der Waals surface area contributed by atoms with Crippen molar-refractivity contribution < 1.29 is 4.79 Å². The van der Waals surface area contributed by atoms with Gasteiger partial charge in [0.15, 0.2) is 0 Å². The average molecular weight is 341 g/mol. The lowest BCUT2D eigenvalue weighted by Gasteiger charge is -2.33. The van der Waals surface area contributed by atoms with Crippen molar-refractivity contribution in [1.82, 2.24) is 24.4 Å². The van der Waals surface area contributed by atoms with Gasteiger partial charge < -0.3 is 14.5 Å². The molecule has 0 bridgehead atoms. The van der Waals surface area contributed by atoms with Crippen LogP contribution in [0.1, 0.15) is 34.4 Å². The number of carbonyl (C=O) groups is 1. The Balaban J connectivity index is 1.50. The molecule has 1 aliphatic rings. The highest BCUT2D eigenvalue weighted by Gasteiger charge is 2.26. The van der Waals surface area contributed by atoms with Crippen molar-refractivity contribution in [3.05, 3.63) is 47.1 Å². The Labute approximate surface area is 144 Å². The van der Waals surface area contributed by atoms with Crippen LogP contribution >= 0.6 is 11.3 Å². The highest BCUT2D eigenvalue weighted by molar-refractivity contribution is 7.09. The molecule has 124 valence electrons. The Morgan fingerprint density at radius 3 is 3.12 bits per heavy atom. The minimum absolute atomic E-state index is 0.0537. The summed E-state index contributed by atoms with van der Waals surface area (Å²) in [6, 6.07) is 2.21. The molecule has 4 rings (SSSR count). The average Bonchev–Trinajstić information content (AvgIpc) is 3.35. The molecule has 7 heteroatoms. The van der Waals surface area contributed by atoms with E-state index in [0.29, 0.717) is 11.7 Å². The van der Waals surface area contributed by atoms with E-state index < -0.39 is 0 Å². The van der Waals surface area contributed by atoms with Crippen LogP contribution in [-0.4, -0.2) is 43.4 Å². The first-order chi connectivity index (χ1) is 11.7.